The first-order valence-corrected chi connectivity index (χ1v) is 6.10. The molecule has 0 fully saturated rings. The fourth-order valence-electron chi connectivity index (χ4n) is 1.03. The second-order valence-corrected chi connectivity index (χ2v) is 4.48. The van der Waals surface area contributed by atoms with Gasteiger partial charge in [0.05, 0.1) is 0 Å². The quantitative estimate of drug-likeness (QED) is 0.592. The van der Waals surface area contributed by atoms with Gasteiger partial charge in [-0.25, -0.2) is 4.98 Å². The summed E-state index contributed by atoms with van der Waals surface area (Å²) in [7, 11) is -0.512. The van der Waals surface area contributed by atoms with Crippen molar-refractivity contribution in [1.82, 2.24) is 4.98 Å². The standard InChI is InChI=1S/C10H12F2NO2P/c1-7-3-8(5-14)4-13-9(7)15-6-10(11,12)16-2/h3-5,16H,6H2,1-2H3. The second-order valence-electron chi connectivity index (χ2n) is 3.25. The molecule has 1 aromatic heterocycles. The fourth-order valence-corrected chi connectivity index (χ4v) is 1.25. The van der Waals surface area contributed by atoms with Crippen LogP contribution in [-0.4, -0.2) is 30.2 Å². The zero-order valence-electron chi connectivity index (χ0n) is 8.96. The molecule has 1 unspecified atom stereocenters. The van der Waals surface area contributed by atoms with Crippen molar-refractivity contribution in [3.63, 3.8) is 0 Å². The fraction of sp³-hybridized carbons (Fsp3) is 0.400. The van der Waals surface area contributed by atoms with Gasteiger partial charge in [-0.05, 0) is 28.2 Å². The zero-order chi connectivity index (χ0) is 12.2. The summed E-state index contributed by atoms with van der Waals surface area (Å²) in [4.78, 5) is 14.2. The summed E-state index contributed by atoms with van der Waals surface area (Å²) >= 11 is 0. The molecule has 88 valence electrons. The van der Waals surface area contributed by atoms with Crippen LogP contribution in [0, 0.1) is 6.92 Å². The van der Waals surface area contributed by atoms with Crippen LogP contribution < -0.4 is 4.74 Å². The van der Waals surface area contributed by atoms with Gasteiger partial charge in [-0.2, -0.15) is 8.78 Å². The number of ether oxygens (including phenoxy) is 1. The lowest BCUT2D eigenvalue weighted by Crippen LogP contribution is -2.20. The molecule has 1 heterocycles. The van der Waals surface area contributed by atoms with Crippen LogP contribution >= 0.6 is 8.58 Å². The van der Waals surface area contributed by atoms with Gasteiger partial charge >= 0.3 is 0 Å². The molecule has 0 saturated heterocycles. The highest BCUT2D eigenvalue weighted by Crippen LogP contribution is 2.32. The summed E-state index contributed by atoms with van der Waals surface area (Å²) in [5, 5.41) is 0. The first-order chi connectivity index (χ1) is 7.48. The maximum Gasteiger partial charge on any atom is 0.294 e. The summed E-state index contributed by atoms with van der Waals surface area (Å²) in [5.74, 6) is 0.142. The number of aldehydes is 1. The lowest BCUT2D eigenvalue weighted by atomic mass is 10.2. The molecule has 0 radical (unpaired) electrons. The summed E-state index contributed by atoms with van der Waals surface area (Å²) in [5.41, 5.74) is -1.86. The molecule has 1 aromatic rings. The van der Waals surface area contributed by atoms with Crippen LogP contribution in [0.3, 0.4) is 0 Å². The third-order valence-corrected chi connectivity index (χ3v) is 2.82. The van der Waals surface area contributed by atoms with Crippen LogP contribution in [0.5, 0.6) is 5.88 Å². The summed E-state index contributed by atoms with van der Waals surface area (Å²) in [6.45, 7) is 2.39. The van der Waals surface area contributed by atoms with Crippen molar-refractivity contribution in [3.05, 3.63) is 23.4 Å². The topological polar surface area (TPSA) is 39.2 Å². The number of aryl methyl sites for hydroxylation is 1. The average Bonchev–Trinajstić information content (AvgIpc) is 2.27. The van der Waals surface area contributed by atoms with E-state index >= 15 is 0 Å². The van der Waals surface area contributed by atoms with Gasteiger partial charge in [-0.15, -0.1) is 0 Å². The zero-order valence-corrected chi connectivity index (χ0v) is 9.96. The number of carbonyl (C=O) groups is 1. The highest BCUT2D eigenvalue weighted by Gasteiger charge is 2.27. The van der Waals surface area contributed by atoms with Gasteiger partial charge < -0.3 is 4.74 Å². The smallest absolute Gasteiger partial charge is 0.294 e. The van der Waals surface area contributed by atoms with Gasteiger partial charge in [0.1, 0.15) is 0 Å². The minimum absolute atomic E-state index is 0.142. The number of rotatable bonds is 5. The Morgan fingerprint density at radius 3 is 2.81 bits per heavy atom. The monoisotopic (exact) mass is 247 g/mol. The lowest BCUT2D eigenvalue weighted by Gasteiger charge is -2.15. The van der Waals surface area contributed by atoms with Crippen molar-refractivity contribution in [3.8, 4) is 5.88 Å². The van der Waals surface area contributed by atoms with E-state index in [0.717, 1.165) is 0 Å². The largest absolute Gasteiger partial charge is 0.471 e. The van der Waals surface area contributed by atoms with Crippen LogP contribution in [0.2, 0.25) is 0 Å². The molecule has 0 saturated carbocycles. The van der Waals surface area contributed by atoms with Gasteiger partial charge in [0, 0.05) is 17.3 Å². The Bertz CT molecular complexity index is 385. The van der Waals surface area contributed by atoms with Crippen molar-refractivity contribution in [2.24, 2.45) is 0 Å². The molecule has 3 nitrogen and oxygen atoms in total. The molecule has 0 amide bonds. The van der Waals surface area contributed by atoms with E-state index in [1.54, 1.807) is 13.0 Å². The first-order valence-electron chi connectivity index (χ1n) is 4.60. The number of carbonyl (C=O) groups excluding carboxylic acids is 1. The number of hydrogen-bond acceptors (Lipinski definition) is 3. The van der Waals surface area contributed by atoms with Gasteiger partial charge in [0.15, 0.2) is 12.9 Å². The first kappa shape index (κ1) is 13.0. The number of aromatic nitrogens is 1. The van der Waals surface area contributed by atoms with Crippen LogP contribution in [0.4, 0.5) is 8.78 Å². The SMILES string of the molecule is CPC(F)(F)COc1ncc(C=O)cc1C. The Kier molecular flexibility index (Phi) is 4.30. The maximum atomic E-state index is 12.9. The molecule has 0 aliphatic heterocycles. The molecule has 0 aromatic carbocycles. The molecular weight excluding hydrogens is 235 g/mol. The Morgan fingerprint density at radius 2 is 2.31 bits per heavy atom. The normalized spacial score (nSPS) is 12.0. The van der Waals surface area contributed by atoms with E-state index in [0.29, 0.717) is 17.4 Å². The molecule has 1 atom stereocenters. The molecule has 1 rings (SSSR count). The Labute approximate surface area is 94.0 Å². The van der Waals surface area contributed by atoms with Crippen LogP contribution in [-0.2, 0) is 0 Å². The summed E-state index contributed by atoms with van der Waals surface area (Å²) in [6, 6.07) is 1.54. The average molecular weight is 247 g/mol. The molecular formula is C10H12F2NO2P. The van der Waals surface area contributed by atoms with E-state index in [-0.39, 0.29) is 5.88 Å². The number of alkyl halides is 2. The Balaban J connectivity index is 2.71. The van der Waals surface area contributed by atoms with E-state index < -0.39 is 20.9 Å². The third kappa shape index (κ3) is 3.49. The van der Waals surface area contributed by atoms with Gasteiger partial charge in [0.2, 0.25) is 5.88 Å². The number of halogens is 2. The molecule has 6 heteroatoms. The predicted octanol–water partition coefficient (Wildman–Crippen LogP) is 2.48. The molecule has 0 N–H and O–H groups in total. The van der Waals surface area contributed by atoms with E-state index in [1.165, 1.54) is 12.9 Å². The maximum absolute atomic E-state index is 12.9. The minimum Gasteiger partial charge on any atom is -0.471 e. The Hall–Kier alpha value is -1.09. The third-order valence-electron chi connectivity index (χ3n) is 1.94. The molecule has 0 spiro atoms. The van der Waals surface area contributed by atoms with Crippen molar-refractivity contribution in [1.29, 1.82) is 0 Å². The van der Waals surface area contributed by atoms with Crippen molar-refractivity contribution >= 4 is 14.9 Å². The molecule has 0 bridgehead atoms. The van der Waals surface area contributed by atoms with E-state index in [1.807, 2.05) is 0 Å². The lowest BCUT2D eigenvalue weighted by molar-refractivity contribution is 0.0418. The predicted molar refractivity (Wildman–Crippen MR) is 59.0 cm³/mol. The number of pyridine rings is 1. The van der Waals surface area contributed by atoms with Crippen LogP contribution in [0.15, 0.2) is 12.3 Å². The van der Waals surface area contributed by atoms with Crippen molar-refractivity contribution < 1.29 is 18.3 Å². The summed E-state index contributed by atoms with van der Waals surface area (Å²) in [6.07, 6.45) is 1.94. The molecule has 16 heavy (non-hydrogen) atoms. The Morgan fingerprint density at radius 1 is 1.62 bits per heavy atom. The number of nitrogens with zero attached hydrogens (tertiary/aromatic N) is 1. The minimum atomic E-state index is -2.82. The van der Waals surface area contributed by atoms with Gasteiger partial charge in [-0.1, -0.05) is 0 Å². The van der Waals surface area contributed by atoms with E-state index in [9.17, 15) is 13.6 Å². The van der Waals surface area contributed by atoms with E-state index in [4.69, 9.17) is 4.74 Å². The molecule has 0 aliphatic carbocycles. The highest BCUT2D eigenvalue weighted by molar-refractivity contribution is 7.38. The summed E-state index contributed by atoms with van der Waals surface area (Å²) < 4.78 is 30.8. The second kappa shape index (κ2) is 5.30. The van der Waals surface area contributed by atoms with Crippen LogP contribution in [0.1, 0.15) is 15.9 Å². The van der Waals surface area contributed by atoms with Crippen molar-refractivity contribution in [2.75, 3.05) is 13.3 Å². The number of hydrogen-bond donors (Lipinski definition) is 0. The van der Waals surface area contributed by atoms with Gasteiger partial charge in [0.25, 0.3) is 5.66 Å². The van der Waals surface area contributed by atoms with E-state index in [2.05, 4.69) is 4.98 Å². The van der Waals surface area contributed by atoms with Gasteiger partial charge in [-0.3, -0.25) is 4.79 Å². The highest BCUT2D eigenvalue weighted by atomic mass is 31.1. The van der Waals surface area contributed by atoms with Crippen molar-refractivity contribution in [2.45, 2.75) is 12.6 Å². The van der Waals surface area contributed by atoms with Crippen LogP contribution in [0.25, 0.3) is 0 Å². The molecule has 0 aliphatic rings.